The zero-order valence-corrected chi connectivity index (χ0v) is 11.9. The molecule has 2 aromatic heterocycles. The third kappa shape index (κ3) is 3.71. The van der Waals surface area contributed by atoms with Crippen molar-refractivity contribution in [1.82, 2.24) is 19.7 Å². The molecular weight excluding hydrogens is 283 g/mol. The summed E-state index contributed by atoms with van der Waals surface area (Å²) in [5.41, 5.74) is 0.0548. The van der Waals surface area contributed by atoms with Gasteiger partial charge in [0.05, 0.1) is 12.2 Å². The van der Waals surface area contributed by atoms with Crippen LogP contribution in [0.25, 0.3) is 0 Å². The van der Waals surface area contributed by atoms with E-state index in [0.717, 1.165) is 17.8 Å². The van der Waals surface area contributed by atoms with E-state index < -0.39 is 11.9 Å². The van der Waals surface area contributed by atoms with Crippen molar-refractivity contribution in [3.8, 4) is 0 Å². The molecule has 2 atom stereocenters. The highest BCUT2D eigenvalue weighted by molar-refractivity contribution is 5.27. The Hall–Kier alpha value is -2.12. The van der Waals surface area contributed by atoms with Crippen molar-refractivity contribution in [3.05, 3.63) is 35.9 Å². The minimum Gasteiger partial charge on any atom is -0.350 e. The molecule has 0 bridgehead atoms. The lowest BCUT2D eigenvalue weighted by Crippen LogP contribution is -2.28. The zero-order valence-electron chi connectivity index (χ0n) is 11.9. The van der Waals surface area contributed by atoms with Gasteiger partial charge in [0.2, 0.25) is 5.95 Å². The third-order valence-corrected chi connectivity index (χ3v) is 3.17. The molecule has 0 spiro atoms. The number of aryl methyl sites for hydroxylation is 1. The maximum Gasteiger partial charge on any atom is 0.433 e. The Balaban J connectivity index is 2.10. The number of nitrogens with one attached hydrogen (secondary N) is 1. The quantitative estimate of drug-likeness (QED) is 0.942. The molecule has 0 saturated carbocycles. The van der Waals surface area contributed by atoms with Crippen LogP contribution in [-0.2, 0) is 6.18 Å². The largest absolute Gasteiger partial charge is 0.433 e. The number of hydrogen-bond acceptors (Lipinski definition) is 4. The van der Waals surface area contributed by atoms with E-state index in [9.17, 15) is 13.2 Å². The van der Waals surface area contributed by atoms with Crippen LogP contribution in [-0.4, -0.2) is 25.8 Å². The SMILES string of the molecule is Cc1cnn([C@H](C)[C@H](C)Nc2nccc(C(F)(F)F)n2)c1. The predicted molar refractivity (Wildman–Crippen MR) is 71.8 cm³/mol. The molecule has 0 fully saturated rings. The summed E-state index contributed by atoms with van der Waals surface area (Å²) in [7, 11) is 0. The minimum atomic E-state index is -4.48. The molecule has 0 aromatic carbocycles. The smallest absolute Gasteiger partial charge is 0.350 e. The highest BCUT2D eigenvalue weighted by Gasteiger charge is 2.33. The standard InChI is InChI=1S/C13H16F3N5/c1-8-6-18-21(7-8)10(3)9(2)19-12-17-5-4-11(20-12)13(14,15)16/h4-7,9-10H,1-3H3,(H,17,19,20)/t9-,10+/m0/s1. The van der Waals surface area contributed by atoms with Gasteiger partial charge in [-0.25, -0.2) is 9.97 Å². The van der Waals surface area contributed by atoms with Crippen LogP contribution in [0.2, 0.25) is 0 Å². The van der Waals surface area contributed by atoms with E-state index in [2.05, 4.69) is 20.4 Å². The number of hydrogen-bond donors (Lipinski definition) is 1. The number of aromatic nitrogens is 4. The highest BCUT2D eigenvalue weighted by atomic mass is 19.4. The number of nitrogens with zero attached hydrogens (tertiary/aromatic N) is 4. The van der Waals surface area contributed by atoms with Gasteiger partial charge in [0.1, 0.15) is 5.69 Å². The monoisotopic (exact) mass is 299 g/mol. The van der Waals surface area contributed by atoms with Crippen LogP contribution < -0.4 is 5.32 Å². The average molecular weight is 299 g/mol. The van der Waals surface area contributed by atoms with Gasteiger partial charge in [-0.05, 0) is 32.4 Å². The van der Waals surface area contributed by atoms with Crippen molar-refractivity contribution < 1.29 is 13.2 Å². The molecule has 0 aliphatic heterocycles. The molecule has 114 valence electrons. The van der Waals surface area contributed by atoms with Crippen LogP contribution in [0.1, 0.15) is 31.1 Å². The van der Waals surface area contributed by atoms with Gasteiger partial charge >= 0.3 is 6.18 Å². The second-order valence-electron chi connectivity index (χ2n) is 4.93. The van der Waals surface area contributed by atoms with Crippen LogP contribution in [0, 0.1) is 6.92 Å². The molecule has 0 amide bonds. The molecule has 2 rings (SSSR count). The fourth-order valence-corrected chi connectivity index (χ4v) is 1.80. The lowest BCUT2D eigenvalue weighted by Gasteiger charge is -2.22. The Labute approximate surface area is 120 Å². The number of anilines is 1. The first-order chi connectivity index (χ1) is 9.77. The summed E-state index contributed by atoms with van der Waals surface area (Å²) in [4.78, 5) is 7.31. The molecule has 0 radical (unpaired) electrons. The number of rotatable bonds is 4. The summed E-state index contributed by atoms with van der Waals surface area (Å²) in [6.45, 7) is 5.67. The van der Waals surface area contributed by atoms with Gasteiger partial charge in [-0.2, -0.15) is 18.3 Å². The molecule has 0 saturated heterocycles. The fraction of sp³-hybridized carbons (Fsp3) is 0.462. The van der Waals surface area contributed by atoms with Crippen molar-refractivity contribution >= 4 is 5.95 Å². The van der Waals surface area contributed by atoms with Crippen LogP contribution in [0.15, 0.2) is 24.7 Å². The van der Waals surface area contributed by atoms with Crippen LogP contribution in [0.3, 0.4) is 0 Å². The van der Waals surface area contributed by atoms with E-state index in [4.69, 9.17) is 0 Å². The topological polar surface area (TPSA) is 55.6 Å². The Morgan fingerprint density at radius 1 is 1.29 bits per heavy atom. The Morgan fingerprint density at radius 3 is 2.57 bits per heavy atom. The number of alkyl halides is 3. The Morgan fingerprint density at radius 2 is 2.00 bits per heavy atom. The van der Waals surface area contributed by atoms with Gasteiger partial charge in [-0.3, -0.25) is 4.68 Å². The number of halogens is 3. The fourth-order valence-electron chi connectivity index (χ4n) is 1.80. The predicted octanol–water partition coefficient (Wildman–Crippen LogP) is 3.06. The third-order valence-electron chi connectivity index (χ3n) is 3.17. The molecule has 2 aromatic rings. The molecule has 5 nitrogen and oxygen atoms in total. The van der Waals surface area contributed by atoms with E-state index >= 15 is 0 Å². The van der Waals surface area contributed by atoms with Gasteiger partial charge in [-0.15, -0.1) is 0 Å². The molecule has 0 unspecified atom stereocenters. The van der Waals surface area contributed by atoms with E-state index in [1.807, 2.05) is 27.0 Å². The van der Waals surface area contributed by atoms with Crippen LogP contribution in [0.4, 0.5) is 19.1 Å². The maximum absolute atomic E-state index is 12.6. The van der Waals surface area contributed by atoms with Crippen molar-refractivity contribution in [2.75, 3.05) is 5.32 Å². The maximum atomic E-state index is 12.6. The van der Waals surface area contributed by atoms with Gasteiger partial charge in [-0.1, -0.05) is 0 Å². The van der Waals surface area contributed by atoms with Gasteiger partial charge in [0, 0.05) is 18.4 Å². The van der Waals surface area contributed by atoms with Crippen molar-refractivity contribution in [2.24, 2.45) is 0 Å². The average Bonchev–Trinajstić information content (AvgIpc) is 2.84. The normalized spacial score (nSPS) is 14.8. The zero-order chi connectivity index (χ0) is 15.6. The molecule has 2 heterocycles. The van der Waals surface area contributed by atoms with Gasteiger partial charge in [0.25, 0.3) is 0 Å². The minimum absolute atomic E-state index is 0.0481. The van der Waals surface area contributed by atoms with Gasteiger partial charge < -0.3 is 5.32 Å². The second-order valence-corrected chi connectivity index (χ2v) is 4.93. The highest BCUT2D eigenvalue weighted by Crippen LogP contribution is 2.27. The summed E-state index contributed by atoms with van der Waals surface area (Å²) in [5.74, 6) is -0.0481. The van der Waals surface area contributed by atoms with E-state index in [1.54, 1.807) is 10.9 Å². The first kappa shape index (κ1) is 15.3. The van der Waals surface area contributed by atoms with Crippen LogP contribution >= 0.6 is 0 Å². The molecule has 0 aliphatic rings. The summed E-state index contributed by atoms with van der Waals surface area (Å²) in [6.07, 6.45) is 0.209. The summed E-state index contributed by atoms with van der Waals surface area (Å²) >= 11 is 0. The first-order valence-corrected chi connectivity index (χ1v) is 6.45. The van der Waals surface area contributed by atoms with Gasteiger partial charge in [0.15, 0.2) is 0 Å². The second kappa shape index (κ2) is 5.71. The molecule has 1 N–H and O–H groups in total. The van der Waals surface area contributed by atoms with Crippen molar-refractivity contribution in [1.29, 1.82) is 0 Å². The molecule has 0 aliphatic carbocycles. The Bertz CT molecular complexity index is 608. The summed E-state index contributed by atoms with van der Waals surface area (Å²) in [6, 6.07) is 0.598. The lowest BCUT2D eigenvalue weighted by molar-refractivity contribution is -0.141. The summed E-state index contributed by atoms with van der Waals surface area (Å²) in [5, 5.41) is 7.07. The van der Waals surface area contributed by atoms with E-state index in [1.165, 1.54) is 0 Å². The summed E-state index contributed by atoms with van der Waals surface area (Å²) < 4.78 is 39.5. The van der Waals surface area contributed by atoms with E-state index in [0.29, 0.717) is 0 Å². The first-order valence-electron chi connectivity index (χ1n) is 6.45. The van der Waals surface area contributed by atoms with Crippen molar-refractivity contribution in [2.45, 2.75) is 39.0 Å². The Kier molecular flexibility index (Phi) is 4.15. The molecule has 21 heavy (non-hydrogen) atoms. The molecule has 8 heteroatoms. The van der Waals surface area contributed by atoms with E-state index in [-0.39, 0.29) is 18.0 Å². The lowest BCUT2D eigenvalue weighted by atomic mass is 10.2. The van der Waals surface area contributed by atoms with Crippen LogP contribution in [0.5, 0.6) is 0 Å². The molecular formula is C13H16F3N5. The van der Waals surface area contributed by atoms with Crippen molar-refractivity contribution in [3.63, 3.8) is 0 Å².